The zero-order valence-corrected chi connectivity index (χ0v) is 10.3. The van der Waals surface area contributed by atoms with Gasteiger partial charge in [0.25, 0.3) is 0 Å². The van der Waals surface area contributed by atoms with Crippen LogP contribution in [0.15, 0.2) is 17.0 Å². The van der Waals surface area contributed by atoms with Crippen molar-refractivity contribution >= 4 is 31.9 Å². The van der Waals surface area contributed by atoms with Gasteiger partial charge in [0.05, 0.1) is 10.2 Å². The third-order valence-electron chi connectivity index (χ3n) is 2.27. The van der Waals surface area contributed by atoms with Crippen molar-refractivity contribution < 1.29 is 0 Å². The second-order valence-corrected chi connectivity index (χ2v) is 5.41. The highest BCUT2D eigenvalue weighted by Gasteiger charge is 2.29. The molecule has 0 spiro atoms. The smallest absolute Gasteiger partial charge is 0.115 e. The Kier molecular flexibility index (Phi) is 2.99. The topological polar surface area (TPSA) is 25.8 Å². The van der Waals surface area contributed by atoms with Gasteiger partial charge in [-0.15, -0.1) is 0 Å². The second-order valence-electron chi connectivity index (χ2n) is 3.37. The van der Waals surface area contributed by atoms with Crippen molar-refractivity contribution in [3.63, 3.8) is 0 Å². The average molecular weight is 306 g/mol. The van der Waals surface area contributed by atoms with E-state index in [4.69, 9.17) is 0 Å². The molecule has 70 valence electrons. The number of aromatic nitrogens is 2. The van der Waals surface area contributed by atoms with Crippen LogP contribution < -0.4 is 0 Å². The molecule has 1 aromatic rings. The van der Waals surface area contributed by atoms with E-state index in [2.05, 4.69) is 41.8 Å². The molecule has 1 aliphatic carbocycles. The molecule has 0 bridgehead atoms. The van der Waals surface area contributed by atoms with Crippen molar-refractivity contribution in [3.8, 4) is 0 Å². The Labute approximate surface area is 94.4 Å². The SMILES string of the molecule is Brc1cncnc1CC(Br)C1CC1. The van der Waals surface area contributed by atoms with Crippen LogP contribution in [0.5, 0.6) is 0 Å². The number of hydrogen-bond donors (Lipinski definition) is 0. The maximum atomic E-state index is 4.24. The minimum Gasteiger partial charge on any atom is -0.244 e. The summed E-state index contributed by atoms with van der Waals surface area (Å²) in [7, 11) is 0. The van der Waals surface area contributed by atoms with Gasteiger partial charge in [0.15, 0.2) is 0 Å². The van der Waals surface area contributed by atoms with E-state index in [9.17, 15) is 0 Å². The zero-order valence-electron chi connectivity index (χ0n) is 7.08. The zero-order chi connectivity index (χ0) is 9.26. The summed E-state index contributed by atoms with van der Waals surface area (Å²) in [6.07, 6.45) is 7.12. The lowest BCUT2D eigenvalue weighted by Crippen LogP contribution is -2.07. The third-order valence-corrected chi connectivity index (χ3v) is 4.00. The fourth-order valence-electron chi connectivity index (χ4n) is 1.30. The van der Waals surface area contributed by atoms with E-state index in [1.165, 1.54) is 12.8 Å². The van der Waals surface area contributed by atoms with Crippen LogP contribution in [-0.2, 0) is 6.42 Å². The van der Waals surface area contributed by atoms with Crippen molar-refractivity contribution in [2.75, 3.05) is 0 Å². The van der Waals surface area contributed by atoms with Gasteiger partial charge in [0.1, 0.15) is 6.33 Å². The highest BCUT2D eigenvalue weighted by Crippen LogP contribution is 2.38. The van der Waals surface area contributed by atoms with Crippen molar-refractivity contribution in [1.29, 1.82) is 0 Å². The van der Waals surface area contributed by atoms with Crippen molar-refractivity contribution in [2.45, 2.75) is 24.1 Å². The van der Waals surface area contributed by atoms with Crippen LogP contribution in [0.4, 0.5) is 0 Å². The van der Waals surface area contributed by atoms with E-state index in [-0.39, 0.29) is 0 Å². The molecule has 1 unspecified atom stereocenters. The Morgan fingerprint density at radius 1 is 1.54 bits per heavy atom. The molecule has 2 nitrogen and oxygen atoms in total. The molecular formula is C9H10Br2N2. The molecule has 0 amide bonds. The van der Waals surface area contributed by atoms with E-state index < -0.39 is 0 Å². The molecule has 1 aliphatic rings. The van der Waals surface area contributed by atoms with Gasteiger partial charge in [-0.3, -0.25) is 0 Å². The van der Waals surface area contributed by atoms with Crippen LogP contribution in [0.1, 0.15) is 18.5 Å². The summed E-state index contributed by atoms with van der Waals surface area (Å²) in [6, 6.07) is 0. The van der Waals surface area contributed by atoms with Gasteiger partial charge in [0.2, 0.25) is 0 Å². The highest BCUT2D eigenvalue weighted by atomic mass is 79.9. The van der Waals surface area contributed by atoms with Gasteiger partial charge >= 0.3 is 0 Å². The Morgan fingerprint density at radius 3 is 2.92 bits per heavy atom. The molecule has 0 N–H and O–H groups in total. The van der Waals surface area contributed by atoms with E-state index in [0.29, 0.717) is 4.83 Å². The first kappa shape index (κ1) is 9.59. The molecule has 1 saturated carbocycles. The van der Waals surface area contributed by atoms with Crippen LogP contribution in [0, 0.1) is 5.92 Å². The number of rotatable bonds is 3. The number of halogens is 2. The first-order valence-electron chi connectivity index (χ1n) is 4.36. The summed E-state index contributed by atoms with van der Waals surface area (Å²) in [5.41, 5.74) is 1.10. The third kappa shape index (κ3) is 2.50. The summed E-state index contributed by atoms with van der Waals surface area (Å²) >= 11 is 7.14. The summed E-state index contributed by atoms with van der Waals surface area (Å²) in [5.74, 6) is 0.863. The molecule has 0 radical (unpaired) electrons. The molecule has 4 heteroatoms. The number of hydrogen-bond acceptors (Lipinski definition) is 2. The monoisotopic (exact) mass is 304 g/mol. The van der Waals surface area contributed by atoms with Crippen molar-refractivity contribution in [2.24, 2.45) is 5.92 Å². The molecular weight excluding hydrogens is 296 g/mol. The maximum absolute atomic E-state index is 4.24. The molecule has 0 aromatic carbocycles. The Balaban J connectivity index is 2.03. The summed E-state index contributed by atoms with van der Waals surface area (Å²) in [4.78, 5) is 8.76. The minimum atomic E-state index is 0.582. The largest absolute Gasteiger partial charge is 0.244 e. The first-order chi connectivity index (χ1) is 6.27. The van der Waals surface area contributed by atoms with Crippen molar-refractivity contribution in [3.05, 3.63) is 22.7 Å². The lowest BCUT2D eigenvalue weighted by Gasteiger charge is -2.07. The maximum Gasteiger partial charge on any atom is 0.115 e. The first-order valence-corrected chi connectivity index (χ1v) is 6.06. The fourth-order valence-corrected chi connectivity index (χ4v) is 2.52. The highest BCUT2D eigenvalue weighted by molar-refractivity contribution is 9.10. The van der Waals surface area contributed by atoms with Gasteiger partial charge < -0.3 is 0 Å². The summed E-state index contributed by atoms with van der Waals surface area (Å²) < 4.78 is 1.01. The van der Waals surface area contributed by atoms with Crippen LogP contribution in [-0.4, -0.2) is 14.8 Å². The van der Waals surface area contributed by atoms with Gasteiger partial charge in [-0.25, -0.2) is 9.97 Å². The number of nitrogens with zero attached hydrogens (tertiary/aromatic N) is 2. The molecule has 0 saturated heterocycles. The average Bonchev–Trinajstić information content (AvgIpc) is 2.91. The minimum absolute atomic E-state index is 0.582. The van der Waals surface area contributed by atoms with Gasteiger partial charge in [-0.1, -0.05) is 15.9 Å². The lowest BCUT2D eigenvalue weighted by molar-refractivity contribution is 0.741. The van der Waals surface area contributed by atoms with Crippen LogP contribution >= 0.6 is 31.9 Å². The van der Waals surface area contributed by atoms with E-state index >= 15 is 0 Å². The number of alkyl halides is 1. The van der Waals surface area contributed by atoms with E-state index in [1.54, 1.807) is 12.5 Å². The molecule has 1 aromatic heterocycles. The second kappa shape index (κ2) is 4.05. The quantitative estimate of drug-likeness (QED) is 0.802. The van der Waals surface area contributed by atoms with Crippen LogP contribution in [0.2, 0.25) is 0 Å². The van der Waals surface area contributed by atoms with Gasteiger partial charge in [-0.2, -0.15) is 0 Å². The summed E-state index contributed by atoms with van der Waals surface area (Å²) in [6.45, 7) is 0. The molecule has 1 atom stereocenters. The molecule has 0 aliphatic heterocycles. The van der Waals surface area contributed by atoms with Crippen LogP contribution in [0.25, 0.3) is 0 Å². The van der Waals surface area contributed by atoms with E-state index in [0.717, 1.165) is 22.5 Å². The van der Waals surface area contributed by atoms with Gasteiger partial charge in [0, 0.05) is 17.4 Å². The predicted octanol–water partition coefficient (Wildman–Crippen LogP) is 2.96. The lowest BCUT2D eigenvalue weighted by atomic mass is 10.2. The molecule has 2 rings (SSSR count). The predicted molar refractivity (Wildman–Crippen MR) is 58.9 cm³/mol. The van der Waals surface area contributed by atoms with Crippen LogP contribution in [0.3, 0.4) is 0 Å². The fraction of sp³-hybridized carbons (Fsp3) is 0.556. The standard InChI is InChI=1S/C9H10Br2N2/c10-7(6-1-2-6)3-9-8(11)4-12-5-13-9/h4-7H,1-3H2. The Hall–Kier alpha value is 0.0400. The molecule has 1 heterocycles. The van der Waals surface area contributed by atoms with Gasteiger partial charge in [-0.05, 0) is 34.7 Å². The molecule has 1 fully saturated rings. The Morgan fingerprint density at radius 2 is 2.31 bits per heavy atom. The molecule has 13 heavy (non-hydrogen) atoms. The van der Waals surface area contributed by atoms with E-state index in [1.807, 2.05) is 0 Å². The Bertz CT molecular complexity index is 299. The summed E-state index contributed by atoms with van der Waals surface area (Å²) in [5, 5.41) is 0. The normalized spacial score (nSPS) is 18.6. The van der Waals surface area contributed by atoms with Crippen molar-refractivity contribution in [1.82, 2.24) is 9.97 Å².